The standard InChI is InChI=1S/C17H22F3N3O6/c1-16(2,3)29-15(28)21-10-8-22(14(27)17(18,19)20)7-6-9-4-5-11(13(25)26)23(9)12(10)24/h4,10-11H,5-8H2,1-3H3,(H,21,28)(H,25,26)/t10-,11-/m0/s1. The average molecular weight is 421 g/mol. The average Bonchev–Trinajstić information content (AvgIpc) is 2.96. The lowest BCUT2D eigenvalue weighted by molar-refractivity contribution is -0.186. The zero-order chi connectivity index (χ0) is 22.1. The van der Waals surface area contributed by atoms with Crippen molar-refractivity contribution in [3.63, 3.8) is 0 Å². The molecule has 1 saturated heterocycles. The molecule has 162 valence electrons. The van der Waals surface area contributed by atoms with E-state index in [-0.39, 0.29) is 18.5 Å². The molecule has 9 nitrogen and oxygen atoms in total. The second-order valence-corrected chi connectivity index (χ2v) is 7.69. The largest absolute Gasteiger partial charge is 0.480 e. The molecule has 0 aromatic heterocycles. The molecule has 0 aliphatic carbocycles. The lowest BCUT2D eigenvalue weighted by atomic mass is 10.1. The van der Waals surface area contributed by atoms with Crippen LogP contribution in [0.2, 0.25) is 0 Å². The van der Waals surface area contributed by atoms with Gasteiger partial charge in [0.1, 0.15) is 17.7 Å². The Balaban J connectivity index is 2.34. The van der Waals surface area contributed by atoms with Gasteiger partial charge in [0.25, 0.3) is 5.91 Å². The van der Waals surface area contributed by atoms with E-state index in [0.29, 0.717) is 4.90 Å². The normalized spacial score (nSPS) is 23.0. The van der Waals surface area contributed by atoms with Crippen LogP contribution < -0.4 is 5.32 Å². The van der Waals surface area contributed by atoms with Gasteiger partial charge >= 0.3 is 24.1 Å². The number of hydrogen-bond donors (Lipinski definition) is 2. The van der Waals surface area contributed by atoms with E-state index in [1.165, 1.54) is 6.08 Å². The van der Waals surface area contributed by atoms with Gasteiger partial charge in [-0.2, -0.15) is 13.2 Å². The number of rotatable bonds is 2. The Hall–Kier alpha value is -2.79. The van der Waals surface area contributed by atoms with E-state index in [9.17, 15) is 37.5 Å². The predicted octanol–water partition coefficient (Wildman–Crippen LogP) is 1.24. The van der Waals surface area contributed by atoms with Crippen molar-refractivity contribution in [1.29, 1.82) is 0 Å². The number of alkyl carbamates (subject to hydrolysis) is 1. The second kappa shape index (κ2) is 7.91. The fraction of sp³-hybridized carbons (Fsp3) is 0.647. The quantitative estimate of drug-likeness (QED) is 0.693. The number of carboxylic acids is 1. The number of hydrogen-bond acceptors (Lipinski definition) is 5. The maximum atomic E-state index is 12.9. The molecule has 0 unspecified atom stereocenters. The topological polar surface area (TPSA) is 116 Å². The Kier molecular flexibility index (Phi) is 6.14. The molecular formula is C17H22F3N3O6. The zero-order valence-electron chi connectivity index (χ0n) is 16.1. The van der Waals surface area contributed by atoms with Gasteiger partial charge in [-0.1, -0.05) is 6.08 Å². The number of carboxylic acid groups (broad SMARTS) is 1. The highest BCUT2D eigenvalue weighted by Crippen LogP contribution is 2.29. The highest BCUT2D eigenvalue weighted by Gasteiger charge is 2.47. The third-order valence-electron chi connectivity index (χ3n) is 4.28. The van der Waals surface area contributed by atoms with E-state index in [2.05, 4.69) is 5.32 Å². The van der Waals surface area contributed by atoms with Crippen molar-refractivity contribution in [3.05, 3.63) is 11.8 Å². The fourth-order valence-corrected chi connectivity index (χ4v) is 3.11. The molecule has 0 radical (unpaired) electrons. The van der Waals surface area contributed by atoms with Crippen molar-refractivity contribution in [2.75, 3.05) is 13.1 Å². The molecule has 1 fully saturated rings. The summed E-state index contributed by atoms with van der Waals surface area (Å²) < 4.78 is 43.8. The number of alkyl halides is 3. The summed E-state index contributed by atoms with van der Waals surface area (Å²) in [5, 5.41) is 11.5. The smallest absolute Gasteiger partial charge is 0.471 e. The molecule has 0 spiro atoms. The summed E-state index contributed by atoms with van der Waals surface area (Å²) in [6.07, 6.45) is -4.96. The first-order valence-corrected chi connectivity index (χ1v) is 8.81. The molecule has 12 heteroatoms. The Labute approximate surface area is 164 Å². The van der Waals surface area contributed by atoms with Crippen LogP contribution in [0.4, 0.5) is 18.0 Å². The van der Waals surface area contributed by atoms with Gasteiger partial charge in [0.2, 0.25) is 0 Å². The van der Waals surface area contributed by atoms with Gasteiger partial charge < -0.3 is 20.1 Å². The van der Waals surface area contributed by atoms with E-state index >= 15 is 0 Å². The van der Waals surface area contributed by atoms with Gasteiger partial charge in [0.05, 0.1) is 6.54 Å². The van der Waals surface area contributed by atoms with Gasteiger partial charge in [-0.05, 0) is 27.2 Å². The van der Waals surface area contributed by atoms with Crippen molar-refractivity contribution in [2.45, 2.75) is 57.5 Å². The number of fused-ring (bicyclic) bond motifs is 1. The minimum atomic E-state index is -5.16. The van der Waals surface area contributed by atoms with Crippen LogP contribution in [-0.4, -0.2) is 75.7 Å². The van der Waals surface area contributed by atoms with E-state index < -0.39 is 60.8 Å². The molecule has 2 N–H and O–H groups in total. The summed E-state index contributed by atoms with van der Waals surface area (Å²) in [5.74, 6) is -4.36. The van der Waals surface area contributed by atoms with Gasteiger partial charge in [-0.25, -0.2) is 9.59 Å². The van der Waals surface area contributed by atoms with Crippen LogP contribution in [0.3, 0.4) is 0 Å². The summed E-state index contributed by atoms with van der Waals surface area (Å²) in [6, 6.07) is -2.84. The number of ether oxygens (including phenoxy) is 1. The lowest BCUT2D eigenvalue weighted by Gasteiger charge is -2.36. The number of carbonyl (C=O) groups excluding carboxylic acids is 3. The van der Waals surface area contributed by atoms with Crippen molar-refractivity contribution in [1.82, 2.24) is 15.1 Å². The van der Waals surface area contributed by atoms with Crippen molar-refractivity contribution < 1.29 is 42.2 Å². The van der Waals surface area contributed by atoms with Gasteiger partial charge in [-0.15, -0.1) is 0 Å². The number of nitrogens with one attached hydrogen (secondary N) is 1. The molecule has 2 atom stereocenters. The number of aliphatic carboxylic acids is 1. The molecule has 0 aromatic rings. The van der Waals surface area contributed by atoms with Gasteiger partial charge in [-0.3, -0.25) is 14.5 Å². The summed E-state index contributed by atoms with van der Waals surface area (Å²) >= 11 is 0. The SMILES string of the molecule is CC(C)(C)OC(=O)N[C@H]1CN(C(=O)C(F)(F)F)CCC2=CC[C@@H](C(=O)O)N2C1=O. The lowest BCUT2D eigenvalue weighted by Crippen LogP contribution is -2.59. The molecule has 2 heterocycles. The van der Waals surface area contributed by atoms with Crippen molar-refractivity contribution in [2.24, 2.45) is 0 Å². The highest BCUT2D eigenvalue weighted by atomic mass is 19.4. The highest BCUT2D eigenvalue weighted by molar-refractivity contribution is 5.92. The molecule has 3 amide bonds. The van der Waals surface area contributed by atoms with E-state index in [1.54, 1.807) is 20.8 Å². The molecule has 2 rings (SSSR count). The van der Waals surface area contributed by atoms with Crippen LogP contribution in [0.1, 0.15) is 33.6 Å². The second-order valence-electron chi connectivity index (χ2n) is 7.69. The molecule has 2 aliphatic rings. The third kappa shape index (κ3) is 5.39. The van der Waals surface area contributed by atoms with Crippen LogP contribution in [0, 0.1) is 0 Å². The maximum Gasteiger partial charge on any atom is 0.471 e. The Morgan fingerprint density at radius 2 is 1.86 bits per heavy atom. The maximum absolute atomic E-state index is 12.9. The molecule has 0 bridgehead atoms. The Bertz CT molecular complexity index is 744. The first-order valence-electron chi connectivity index (χ1n) is 8.81. The molecule has 0 aromatic carbocycles. The number of nitrogens with zero attached hydrogens (tertiary/aromatic N) is 2. The van der Waals surface area contributed by atoms with Crippen LogP contribution >= 0.6 is 0 Å². The van der Waals surface area contributed by atoms with E-state index in [4.69, 9.17) is 4.74 Å². The molecular weight excluding hydrogens is 399 g/mol. The van der Waals surface area contributed by atoms with Crippen molar-refractivity contribution in [3.8, 4) is 0 Å². The first-order chi connectivity index (χ1) is 13.2. The monoisotopic (exact) mass is 421 g/mol. The predicted molar refractivity (Wildman–Crippen MR) is 91.4 cm³/mol. The molecule has 29 heavy (non-hydrogen) atoms. The number of carbonyl (C=O) groups is 4. The Morgan fingerprint density at radius 1 is 1.24 bits per heavy atom. The van der Waals surface area contributed by atoms with E-state index in [0.717, 1.165) is 4.90 Å². The number of halogens is 3. The van der Waals surface area contributed by atoms with Crippen LogP contribution in [0.15, 0.2) is 11.8 Å². The fourth-order valence-electron chi connectivity index (χ4n) is 3.11. The van der Waals surface area contributed by atoms with Crippen LogP contribution in [0.25, 0.3) is 0 Å². The first kappa shape index (κ1) is 22.5. The minimum Gasteiger partial charge on any atom is -0.480 e. The van der Waals surface area contributed by atoms with E-state index in [1.807, 2.05) is 0 Å². The summed E-state index contributed by atoms with van der Waals surface area (Å²) in [7, 11) is 0. The molecule has 0 saturated carbocycles. The third-order valence-corrected chi connectivity index (χ3v) is 4.28. The number of amides is 3. The van der Waals surface area contributed by atoms with Crippen LogP contribution in [-0.2, 0) is 19.1 Å². The minimum absolute atomic E-state index is 0.0250. The summed E-state index contributed by atoms with van der Waals surface area (Å²) in [5.41, 5.74) is -0.753. The van der Waals surface area contributed by atoms with Crippen LogP contribution in [0.5, 0.6) is 0 Å². The van der Waals surface area contributed by atoms with Gasteiger partial charge in [0.15, 0.2) is 0 Å². The summed E-state index contributed by atoms with van der Waals surface area (Å²) in [6.45, 7) is 3.48. The Morgan fingerprint density at radius 3 is 2.38 bits per heavy atom. The van der Waals surface area contributed by atoms with Crippen molar-refractivity contribution >= 4 is 23.9 Å². The van der Waals surface area contributed by atoms with Gasteiger partial charge in [0, 0.05) is 18.7 Å². The molecule has 2 aliphatic heterocycles. The zero-order valence-corrected chi connectivity index (χ0v) is 16.1. The summed E-state index contributed by atoms with van der Waals surface area (Å²) in [4.78, 5) is 49.6.